The van der Waals surface area contributed by atoms with Crippen LogP contribution in [0.2, 0.25) is 0 Å². The van der Waals surface area contributed by atoms with Gasteiger partial charge in [-0.1, -0.05) is 6.42 Å². The van der Waals surface area contributed by atoms with Gasteiger partial charge < -0.3 is 10.4 Å². The van der Waals surface area contributed by atoms with E-state index < -0.39 is 4.92 Å². The number of aliphatic hydroxyl groups excluding tert-OH is 1. The van der Waals surface area contributed by atoms with Crippen molar-refractivity contribution in [2.24, 2.45) is 5.41 Å². The maximum Gasteiger partial charge on any atom is 0.293 e. The van der Waals surface area contributed by atoms with Gasteiger partial charge in [-0.3, -0.25) is 14.9 Å². The van der Waals surface area contributed by atoms with Gasteiger partial charge >= 0.3 is 0 Å². The molecule has 2 rings (SSSR count). The van der Waals surface area contributed by atoms with E-state index in [4.69, 9.17) is 5.11 Å². The second-order valence-electron chi connectivity index (χ2n) is 5.73. The normalized spacial score (nSPS) is 16.1. The van der Waals surface area contributed by atoms with Crippen molar-refractivity contribution in [3.8, 4) is 0 Å². The molecule has 114 valence electrons. The number of carbonyl (C=O) groups is 1. The summed E-state index contributed by atoms with van der Waals surface area (Å²) in [5.74, 6) is -0.194. The summed E-state index contributed by atoms with van der Waals surface area (Å²) in [7, 11) is 0. The molecule has 0 atom stereocenters. The van der Waals surface area contributed by atoms with Crippen molar-refractivity contribution in [3.63, 3.8) is 0 Å². The molecule has 1 aromatic carbocycles. The van der Waals surface area contributed by atoms with E-state index in [-0.39, 0.29) is 23.5 Å². The molecule has 0 unspecified atom stereocenters. The predicted molar refractivity (Wildman–Crippen MR) is 79.6 cm³/mol. The van der Waals surface area contributed by atoms with E-state index in [1.165, 1.54) is 13.0 Å². The van der Waals surface area contributed by atoms with Gasteiger partial charge in [-0.2, -0.15) is 0 Å². The van der Waals surface area contributed by atoms with Gasteiger partial charge in [0.15, 0.2) is 5.78 Å². The summed E-state index contributed by atoms with van der Waals surface area (Å²) in [6.07, 6.45) is 3.89. The Bertz CT molecular complexity index is 553. The number of nitro benzene ring substituents is 1. The predicted octanol–water partition coefficient (Wildman–Crippen LogP) is 2.76. The third-order valence-corrected chi connectivity index (χ3v) is 4.31. The number of aliphatic hydroxyl groups is 1. The summed E-state index contributed by atoms with van der Waals surface area (Å²) in [5, 5.41) is 23.4. The highest BCUT2D eigenvalue weighted by atomic mass is 16.6. The third kappa shape index (κ3) is 3.39. The highest BCUT2D eigenvalue weighted by Gasteiger charge is 2.36. The fourth-order valence-corrected chi connectivity index (χ4v) is 2.76. The molecular formula is C15H20N2O4. The van der Waals surface area contributed by atoms with E-state index in [1.54, 1.807) is 12.1 Å². The molecule has 0 radical (unpaired) electrons. The van der Waals surface area contributed by atoms with Crippen molar-refractivity contribution in [3.05, 3.63) is 33.9 Å². The van der Waals surface area contributed by atoms with Gasteiger partial charge in [0.1, 0.15) is 5.69 Å². The number of anilines is 1. The number of nitro groups is 1. The van der Waals surface area contributed by atoms with Crippen LogP contribution in [-0.2, 0) is 0 Å². The Morgan fingerprint density at radius 2 is 2.19 bits per heavy atom. The number of nitrogens with one attached hydrogen (secondary N) is 1. The van der Waals surface area contributed by atoms with Gasteiger partial charge in [0.05, 0.1) is 4.92 Å². The molecule has 6 heteroatoms. The Balaban J connectivity index is 2.15. The minimum Gasteiger partial charge on any atom is -0.396 e. The quantitative estimate of drug-likeness (QED) is 0.458. The standard InChI is InChI=1S/C15H20N2O4/c1-11(19)12-3-4-13(14(9-12)17(20)21)16-10-15(7-8-18)5-2-6-15/h3-4,9,16,18H,2,5-8,10H2,1H3. The largest absolute Gasteiger partial charge is 0.396 e. The van der Waals surface area contributed by atoms with Crippen molar-refractivity contribution in [1.29, 1.82) is 0 Å². The second-order valence-corrected chi connectivity index (χ2v) is 5.73. The molecular weight excluding hydrogens is 272 g/mol. The topological polar surface area (TPSA) is 92.5 Å². The Kier molecular flexibility index (Phi) is 4.57. The number of hydrogen-bond donors (Lipinski definition) is 2. The van der Waals surface area contributed by atoms with Crippen LogP contribution in [0.4, 0.5) is 11.4 Å². The summed E-state index contributed by atoms with van der Waals surface area (Å²) in [4.78, 5) is 22.0. The summed E-state index contributed by atoms with van der Waals surface area (Å²) in [5.41, 5.74) is 0.721. The number of carbonyl (C=O) groups excluding carboxylic acids is 1. The van der Waals surface area contributed by atoms with E-state index in [1.807, 2.05) is 0 Å². The van der Waals surface area contributed by atoms with Gasteiger partial charge in [0, 0.05) is 24.8 Å². The van der Waals surface area contributed by atoms with Crippen LogP contribution in [0.1, 0.15) is 43.0 Å². The minimum atomic E-state index is -0.478. The van der Waals surface area contributed by atoms with Crippen LogP contribution in [-0.4, -0.2) is 29.0 Å². The van der Waals surface area contributed by atoms with E-state index in [0.29, 0.717) is 24.2 Å². The average Bonchev–Trinajstić information content (AvgIpc) is 2.41. The van der Waals surface area contributed by atoms with Gasteiger partial charge in [0.2, 0.25) is 0 Å². The van der Waals surface area contributed by atoms with Crippen molar-refractivity contribution in [2.75, 3.05) is 18.5 Å². The molecule has 1 saturated carbocycles. The molecule has 1 aliphatic rings. The maximum atomic E-state index is 11.3. The Morgan fingerprint density at radius 3 is 2.67 bits per heavy atom. The molecule has 21 heavy (non-hydrogen) atoms. The second kappa shape index (κ2) is 6.22. The first kappa shape index (κ1) is 15.4. The van der Waals surface area contributed by atoms with Crippen LogP contribution in [0.3, 0.4) is 0 Å². The van der Waals surface area contributed by atoms with E-state index >= 15 is 0 Å². The number of ketones is 1. The summed E-state index contributed by atoms with van der Waals surface area (Å²) in [6.45, 7) is 2.12. The lowest BCUT2D eigenvalue weighted by Gasteiger charge is -2.42. The van der Waals surface area contributed by atoms with Gasteiger partial charge in [0.25, 0.3) is 5.69 Å². The van der Waals surface area contributed by atoms with Crippen molar-refractivity contribution in [2.45, 2.75) is 32.6 Å². The summed E-state index contributed by atoms with van der Waals surface area (Å²) < 4.78 is 0. The molecule has 0 aromatic heterocycles. The molecule has 1 aromatic rings. The fourth-order valence-electron chi connectivity index (χ4n) is 2.76. The zero-order chi connectivity index (χ0) is 15.5. The Morgan fingerprint density at radius 1 is 1.48 bits per heavy atom. The van der Waals surface area contributed by atoms with Crippen molar-refractivity contribution in [1.82, 2.24) is 0 Å². The fraction of sp³-hybridized carbons (Fsp3) is 0.533. The minimum absolute atomic E-state index is 0.0435. The molecule has 0 bridgehead atoms. The highest BCUT2D eigenvalue weighted by Crippen LogP contribution is 2.44. The molecule has 2 N–H and O–H groups in total. The lowest BCUT2D eigenvalue weighted by atomic mass is 9.67. The van der Waals surface area contributed by atoms with Gasteiger partial charge in [-0.15, -0.1) is 0 Å². The molecule has 0 heterocycles. The maximum absolute atomic E-state index is 11.3. The van der Waals surface area contributed by atoms with E-state index in [0.717, 1.165) is 19.3 Å². The monoisotopic (exact) mass is 292 g/mol. The zero-order valence-electron chi connectivity index (χ0n) is 12.1. The van der Waals surface area contributed by atoms with Crippen LogP contribution in [0.25, 0.3) is 0 Å². The Labute approximate surface area is 123 Å². The van der Waals surface area contributed by atoms with Crippen molar-refractivity contribution >= 4 is 17.2 Å². The van der Waals surface area contributed by atoms with Crippen LogP contribution in [0.15, 0.2) is 18.2 Å². The molecule has 1 aliphatic carbocycles. The SMILES string of the molecule is CC(=O)c1ccc(NCC2(CCO)CCC2)c([N+](=O)[O-])c1. The molecule has 6 nitrogen and oxygen atoms in total. The zero-order valence-corrected chi connectivity index (χ0v) is 12.1. The van der Waals surface area contributed by atoms with Gasteiger partial charge in [-0.25, -0.2) is 0 Å². The number of hydrogen-bond acceptors (Lipinski definition) is 5. The molecule has 1 fully saturated rings. The first-order valence-electron chi connectivity index (χ1n) is 7.11. The number of benzene rings is 1. The first-order valence-corrected chi connectivity index (χ1v) is 7.11. The van der Waals surface area contributed by atoms with Gasteiger partial charge in [-0.05, 0) is 43.7 Å². The van der Waals surface area contributed by atoms with Crippen LogP contribution in [0.5, 0.6) is 0 Å². The van der Waals surface area contributed by atoms with E-state index in [2.05, 4.69) is 5.32 Å². The molecule has 0 aliphatic heterocycles. The van der Waals surface area contributed by atoms with Crippen LogP contribution < -0.4 is 5.32 Å². The first-order chi connectivity index (χ1) is 9.97. The Hall–Kier alpha value is -1.95. The van der Waals surface area contributed by atoms with Crippen LogP contribution in [0, 0.1) is 15.5 Å². The smallest absolute Gasteiger partial charge is 0.293 e. The van der Waals surface area contributed by atoms with E-state index in [9.17, 15) is 14.9 Å². The van der Waals surface area contributed by atoms with Crippen molar-refractivity contribution < 1.29 is 14.8 Å². The summed E-state index contributed by atoms with van der Waals surface area (Å²) in [6, 6.07) is 4.49. The highest BCUT2D eigenvalue weighted by molar-refractivity contribution is 5.95. The van der Waals surface area contributed by atoms with Crippen LogP contribution >= 0.6 is 0 Å². The number of nitrogens with zero attached hydrogens (tertiary/aromatic N) is 1. The molecule has 0 amide bonds. The number of rotatable bonds is 7. The average molecular weight is 292 g/mol. The number of Topliss-reactive ketones (excluding diaryl/α,β-unsaturated/α-hetero) is 1. The summed E-state index contributed by atoms with van der Waals surface area (Å²) >= 11 is 0. The lowest BCUT2D eigenvalue weighted by Crippen LogP contribution is -2.37. The molecule has 0 saturated heterocycles. The molecule has 0 spiro atoms. The third-order valence-electron chi connectivity index (χ3n) is 4.31. The lowest BCUT2D eigenvalue weighted by molar-refractivity contribution is -0.384.